The van der Waals surface area contributed by atoms with Crippen molar-refractivity contribution < 1.29 is 4.79 Å². The molecule has 1 unspecified atom stereocenters. The minimum atomic E-state index is -0.434. The summed E-state index contributed by atoms with van der Waals surface area (Å²) in [6.45, 7) is 1.92. The van der Waals surface area contributed by atoms with E-state index < -0.39 is 11.8 Å². The first-order valence-corrected chi connectivity index (χ1v) is 6.22. The Morgan fingerprint density at radius 3 is 2.94 bits per heavy atom. The zero-order valence-electron chi connectivity index (χ0n) is 9.76. The molecule has 18 heavy (non-hydrogen) atoms. The Morgan fingerprint density at radius 2 is 2.28 bits per heavy atom. The van der Waals surface area contributed by atoms with Crippen LogP contribution in [0.2, 0.25) is 0 Å². The van der Waals surface area contributed by atoms with Crippen molar-refractivity contribution in [3.8, 4) is 0 Å². The minimum Gasteiger partial charge on any atom is -0.369 e. The van der Waals surface area contributed by atoms with E-state index in [-0.39, 0.29) is 12.1 Å². The summed E-state index contributed by atoms with van der Waals surface area (Å²) in [5.41, 5.74) is 5.65. The van der Waals surface area contributed by atoms with E-state index in [2.05, 4.69) is 20.9 Å². The Kier molecular flexibility index (Phi) is 3.47. The molecule has 0 radical (unpaired) electrons. The fourth-order valence-corrected chi connectivity index (χ4v) is 2.01. The molecular formula is C12H12BrN3O2. The molecule has 6 heteroatoms. The zero-order chi connectivity index (χ0) is 13.3. The van der Waals surface area contributed by atoms with Crippen LogP contribution in [0.1, 0.15) is 6.92 Å². The number of carbonyl (C=O) groups is 1. The van der Waals surface area contributed by atoms with E-state index in [0.29, 0.717) is 10.9 Å². The highest BCUT2D eigenvalue weighted by molar-refractivity contribution is 9.10. The summed E-state index contributed by atoms with van der Waals surface area (Å²) in [6.07, 6.45) is 1.44. The molecule has 0 aliphatic carbocycles. The number of aromatic nitrogens is 2. The van der Waals surface area contributed by atoms with Crippen LogP contribution < -0.4 is 11.3 Å². The second-order valence-corrected chi connectivity index (χ2v) is 5.08. The maximum Gasteiger partial charge on any atom is 0.261 e. The van der Waals surface area contributed by atoms with Gasteiger partial charge in [-0.1, -0.05) is 22.9 Å². The molecule has 1 heterocycles. The second kappa shape index (κ2) is 4.89. The number of rotatable bonds is 3. The van der Waals surface area contributed by atoms with Crippen LogP contribution in [0.4, 0.5) is 0 Å². The molecule has 0 saturated heterocycles. The molecule has 94 valence electrons. The molecular weight excluding hydrogens is 298 g/mol. The average molecular weight is 310 g/mol. The summed E-state index contributed by atoms with van der Waals surface area (Å²) in [7, 11) is 0. The van der Waals surface area contributed by atoms with Crippen LogP contribution in [0.15, 0.2) is 33.8 Å². The molecule has 2 rings (SSSR count). The SMILES string of the molecule is CC(Cn1cnc2ccc(Br)cc2c1=O)C(N)=O. The number of carbonyl (C=O) groups excluding carboxylic acids is 1. The van der Waals surface area contributed by atoms with Crippen LogP contribution in [0.25, 0.3) is 10.9 Å². The minimum absolute atomic E-state index is 0.172. The lowest BCUT2D eigenvalue weighted by Crippen LogP contribution is -2.30. The van der Waals surface area contributed by atoms with E-state index in [4.69, 9.17) is 5.73 Å². The summed E-state index contributed by atoms with van der Waals surface area (Å²) in [5, 5.41) is 0.517. The average Bonchev–Trinajstić information content (AvgIpc) is 2.33. The van der Waals surface area contributed by atoms with Gasteiger partial charge in [0.05, 0.1) is 23.1 Å². The Bertz CT molecular complexity index is 666. The molecule has 0 fully saturated rings. The van der Waals surface area contributed by atoms with Gasteiger partial charge in [-0.3, -0.25) is 14.2 Å². The number of amides is 1. The first-order chi connectivity index (χ1) is 8.49. The van der Waals surface area contributed by atoms with Crippen molar-refractivity contribution in [3.63, 3.8) is 0 Å². The van der Waals surface area contributed by atoms with Crippen LogP contribution >= 0.6 is 15.9 Å². The van der Waals surface area contributed by atoms with Gasteiger partial charge in [-0.15, -0.1) is 0 Å². The number of hydrogen-bond donors (Lipinski definition) is 1. The number of nitrogens with two attached hydrogens (primary N) is 1. The van der Waals surface area contributed by atoms with Crippen molar-refractivity contribution in [2.45, 2.75) is 13.5 Å². The number of hydrogen-bond acceptors (Lipinski definition) is 3. The summed E-state index contributed by atoms with van der Waals surface area (Å²) in [6, 6.07) is 5.31. The first kappa shape index (κ1) is 12.8. The molecule has 5 nitrogen and oxygen atoms in total. The quantitative estimate of drug-likeness (QED) is 0.927. The maximum absolute atomic E-state index is 12.2. The van der Waals surface area contributed by atoms with Crippen LogP contribution in [-0.2, 0) is 11.3 Å². The Balaban J connectivity index is 2.51. The molecule has 2 aromatic rings. The number of benzene rings is 1. The third-order valence-corrected chi connectivity index (χ3v) is 3.24. The first-order valence-electron chi connectivity index (χ1n) is 5.43. The van der Waals surface area contributed by atoms with Gasteiger partial charge >= 0.3 is 0 Å². The van der Waals surface area contributed by atoms with Crippen LogP contribution in [0.3, 0.4) is 0 Å². The smallest absolute Gasteiger partial charge is 0.261 e. The summed E-state index contributed by atoms with van der Waals surface area (Å²) in [5.74, 6) is -0.842. The van der Waals surface area contributed by atoms with E-state index >= 15 is 0 Å². The molecule has 0 aliphatic rings. The lowest BCUT2D eigenvalue weighted by atomic mass is 10.1. The molecule has 1 amide bonds. The largest absolute Gasteiger partial charge is 0.369 e. The molecule has 2 N–H and O–H groups in total. The Labute approximate surface area is 112 Å². The molecule has 0 saturated carbocycles. The standard InChI is InChI=1S/C12H12BrN3O2/c1-7(11(14)17)5-16-6-15-10-3-2-8(13)4-9(10)12(16)18/h2-4,6-7H,5H2,1H3,(H2,14,17). The number of fused-ring (bicyclic) bond motifs is 1. The highest BCUT2D eigenvalue weighted by Gasteiger charge is 2.12. The van der Waals surface area contributed by atoms with Crippen molar-refractivity contribution in [3.05, 3.63) is 39.4 Å². The van der Waals surface area contributed by atoms with E-state index in [1.165, 1.54) is 10.9 Å². The molecule has 1 atom stereocenters. The van der Waals surface area contributed by atoms with Crippen LogP contribution in [0.5, 0.6) is 0 Å². The highest BCUT2D eigenvalue weighted by Crippen LogP contribution is 2.15. The van der Waals surface area contributed by atoms with Gasteiger partial charge in [0.25, 0.3) is 5.56 Å². The lowest BCUT2D eigenvalue weighted by molar-refractivity contribution is -0.121. The maximum atomic E-state index is 12.2. The second-order valence-electron chi connectivity index (χ2n) is 4.17. The van der Waals surface area contributed by atoms with Gasteiger partial charge in [-0.2, -0.15) is 0 Å². The Hall–Kier alpha value is -1.69. The third-order valence-electron chi connectivity index (χ3n) is 2.74. The van der Waals surface area contributed by atoms with Crippen molar-refractivity contribution in [2.75, 3.05) is 0 Å². The molecule has 0 spiro atoms. The van der Waals surface area contributed by atoms with E-state index in [1.54, 1.807) is 19.1 Å². The van der Waals surface area contributed by atoms with E-state index in [0.717, 1.165) is 4.47 Å². The normalized spacial score (nSPS) is 12.6. The van der Waals surface area contributed by atoms with Gasteiger partial charge in [0.15, 0.2) is 0 Å². The summed E-state index contributed by atoms with van der Waals surface area (Å²) < 4.78 is 2.22. The molecule has 0 bridgehead atoms. The van der Waals surface area contributed by atoms with Crippen LogP contribution in [-0.4, -0.2) is 15.5 Å². The van der Waals surface area contributed by atoms with Gasteiger partial charge in [-0.05, 0) is 18.2 Å². The lowest BCUT2D eigenvalue weighted by Gasteiger charge is -2.10. The topological polar surface area (TPSA) is 78.0 Å². The third kappa shape index (κ3) is 2.43. The summed E-state index contributed by atoms with van der Waals surface area (Å²) >= 11 is 3.32. The van der Waals surface area contributed by atoms with Gasteiger partial charge < -0.3 is 5.73 Å². The predicted octanol–water partition coefficient (Wildman–Crippen LogP) is 1.28. The molecule has 1 aromatic carbocycles. The number of nitrogens with zero attached hydrogens (tertiary/aromatic N) is 2. The fourth-order valence-electron chi connectivity index (χ4n) is 1.65. The van der Waals surface area contributed by atoms with Crippen molar-refractivity contribution in [2.24, 2.45) is 11.7 Å². The van der Waals surface area contributed by atoms with E-state index in [1.807, 2.05) is 6.07 Å². The molecule has 1 aromatic heterocycles. The highest BCUT2D eigenvalue weighted by atomic mass is 79.9. The monoisotopic (exact) mass is 309 g/mol. The zero-order valence-corrected chi connectivity index (χ0v) is 11.3. The Morgan fingerprint density at radius 1 is 1.56 bits per heavy atom. The number of primary amides is 1. The fraction of sp³-hybridized carbons (Fsp3) is 0.250. The predicted molar refractivity (Wildman–Crippen MR) is 72.1 cm³/mol. The summed E-state index contributed by atoms with van der Waals surface area (Å²) in [4.78, 5) is 27.4. The van der Waals surface area contributed by atoms with Crippen molar-refractivity contribution >= 4 is 32.7 Å². The number of halogens is 1. The van der Waals surface area contributed by atoms with Crippen molar-refractivity contribution in [1.82, 2.24) is 9.55 Å². The molecule has 0 aliphatic heterocycles. The van der Waals surface area contributed by atoms with Crippen molar-refractivity contribution in [1.29, 1.82) is 0 Å². The van der Waals surface area contributed by atoms with Gasteiger partial charge in [-0.25, -0.2) is 4.98 Å². The van der Waals surface area contributed by atoms with E-state index in [9.17, 15) is 9.59 Å². The van der Waals surface area contributed by atoms with Crippen LogP contribution in [0, 0.1) is 5.92 Å². The van der Waals surface area contributed by atoms with Gasteiger partial charge in [0.1, 0.15) is 0 Å². The van der Waals surface area contributed by atoms with Gasteiger partial charge in [0, 0.05) is 11.0 Å². The van der Waals surface area contributed by atoms with Gasteiger partial charge in [0.2, 0.25) is 5.91 Å².